The van der Waals surface area contributed by atoms with Crippen molar-refractivity contribution in [1.29, 1.82) is 0 Å². The highest BCUT2D eigenvalue weighted by Gasteiger charge is 2.26. The first-order valence-electron chi connectivity index (χ1n) is 8.51. The van der Waals surface area contributed by atoms with Gasteiger partial charge in [0.15, 0.2) is 5.16 Å². The lowest BCUT2D eigenvalue weighted by molar-refractivity contribution is -0.113. The van der Waals surface area contributed by atoms with Gasteiger partial charge in [0.1, 0.15) is 9.88 Å². The van der Waals surface area contributed by atoms with Crippen LogP contribution in [0.4, 0.5) is 5.00 Å². The number of H-pyrrole nitrogens is 1. The van der Waals surface area contributed by atoms with Crippen LogP contribution in [0.3, 0.4) is 0 Å². The SMILES string of the molecule is COC(=O)c1sc(NC(=O)CSc2nc(C(C)C)cc(=O)[nH]2)c(C(=O)OC)c1C. The number of ether oxygens (including phenoxy) is 2. The van der Waals surface area contributed by atoms with Crippen LogP contribution in [0.15, 0.2) is 16.0 Å². The molecule has 2 aromatic rings. The number of carbonyl (C=O) groups is 3. The van der Waals surface area contributed by atoms with Crippen molar-refractivity contribution in [2.75, 3.05) is 25.3 Å². The molecule has 9 nitrogen and oxygen atoms in total. The Balaban J connectivity index is 2.19. The topological polar surface area (TPSA) is 127 Å². The number of carbonyl (C=O) groups excluding carboxylic acids is 3. The van der Waals surface area contributed by atoms with E-state index in [1.54, 1.807) is 6.92 Å². The van der Waals surface area contributed by atoms with E-state index in [1.165, 1.54) is 20.3 Å². The van der Waals surface area contributed by atoms with E-state index in [1.807, 2.05) is 13.8 Å². The Morgan fingerprint density at radius 1 is 1.24 bits per heavy atom. The molecule has 0 aromatic carbocycles. The Hall–Kier alpha value is -2.66. The van der Waals surface area contributed by atoms with Crippen molar-refractivity contribution in [3.63, 3.8) is 0 Å². The predicted molar refractivity (Wildman–Crippen MR) is 110 cm³/mol. The summed E-state index contributed by atoms with van der Waals surface area (Å²) in [6, 6.07) is 1.42. The average molecular weight is 440 g/mol. The normalized spacial score (nSPS) is 10.7. The summed E-state index contributed by atoms with van der Waals surface area (Å²) < 4.78 is 9.46. The van der Waals surface area contributed by atoms with Crippen molar-refractivity contribution >= 4 is 45.9 Å². The van der Waals surface area contributed by atoms with Gasteiger partial charge in [0.25, 0.3) is 5.56 Å². The Kier molecular flexibility index (Phi) is 7.57. The molecule has 1 amide bonds. The minimum Gasteiger partial charge on any atom is -0.465 e. The number of esters is 2. The van der Waals surface area contributed by atoms with E-state index in [9.17, 15) is 19.2 Å². The van der Waals surface area contributed by atoms with E-state index in [-0.39, 0.29) is 32.7 Å². The summed E-state index contributed by atoms with van der Waals surface area (Å²) in [7, 11) is 2.44. The molecule has 0 fully saturated rings. The number of nitrogens with zero attached hydrogens (tertiary/aromatic N) is 1. The summed E-state index contributed by atoms with van der Waals surface area (Å²) in [5, 5.41) is 3.13. The molecule has 2 heterocycles. The van der Waals surface area contributed by atoms with Gasteiger partial charge in [-0.05, 0) is 18.4 Å². The molecular formula is C18H21N3O6S2. The van der Waals surface area contributed by atoms with Crippen molar-refractivity contribution < 1.29 is 23.9 Å². The molecule has 0 aliphatic heterocycles. The first kappa shape index (κ1) is 22.6. The molecule has 0 spiro atoms. The van der Waals surface area contributed by atoms with Crippen molar-refractivity contribution in [3.8, 4) is 0 Å². The molecule has 0 bridgehead atoms. The van der Waals surface area contributed by atoms with Crippen LogP contribution in [0.25, 0.3) is 0 Å². The number of aromatic nitrogens is 2. The summed E-state index contributed by atoms with van der Waals surface area (Å²) in [5.74, 6) is -1.71. The van der Waals surface area contributed by atoms with Crippen LogP contribution >= 0.6 is 23.1 Å². The molecule has 2 N–H and O–H groups in total. The number of methoxy groups -OCH3 is 2. The third-order valence-electron chi connectivity index (χ3n) is 3.83. The van der Waals surface area contributed by atoms with E-state index >= 15 is 0 Å². The second-order valence-corrected chi connectivity index (χ2v) is 8.20. The van der Waals surface area contributed by atoms with Gasteiger partial charge in [0.2, 0.25) is 5.91 Å². The molecule has 0 unspecified atom stereocenters. The van der Waals surface area contributed by atoms with E-state index in [0.29, 0.717) is 16.4 Å². The van der Waals surface area contributed by atoms with Crippen LogP contribution in [0.2, 0.25) is 0 Å². The Morgan fingerprint density at radius 2 is 1.90 bits per heavy atom. The molecule has 156 valence electrons. The standard InChI is InChI=1S/C18H21N3O6S2/c1-8(2)10-6-11(22)21-18(19-10)28-7-12(23)20-15-13(16(24)26-4)9(3)14(29-15)17(25)27-5/h6,8H,7H2,1-5H3,(H,20,23)(H,19,21,22). The zero-order valence-corrected chi connectivity index (χ0v) is 18.2. The summed E-state index contributed by atoms with van der Waals surface area (Å²) in [6.07, 6.45) is 0. The number of amides is 1. The summed E-state index contributed by atoms with van der Waals surface area (Å²) in [5.41, 5.74) is 0.800. The highest BCUT2D eigenvalue weighted by Crippen LogP contribution is 2.34. The molecule has 11 heteroatoms. The third-order valence-corrected chi connectivity index (χ3v) is 5.89. The second-order valence-electron chi connectivity index (χ2n) is 6.21. The fourth-order valence-corrected chi connectivity index (χ4v) is 4.16. The molecule has 0 saturated heterocycles. The zero-order valence-electron chi connectivity index (χ0n) is 16.6. The maximum absolute atomic E-state index is 12.4. The van der Waals surface area contributed by atoms with Gasteiger partial charge in [-0.3, -0.25) is 9.59 Å². The Bertz CT molecular complexity index is 996. The number of hydrogen-bond donors (Lipinski definition) is 2. The van der Waals surface area contributed by atoms with Crippen LogP contribution < -0.4 is 10.9 Å². The second kappa shape index (κ2) is 9.70. The van der Waals surface area contributed by atoms with Gasteiger partial charge < -0.3 is 19.8 Å². The molecule has 2 rings (SSSR count). The molecule has 0 saturated carbocycles. The van der Waals surface area contributed by atoms with Gasteiger partial charge >= 0.3 is 11.9 Å². The number of thioether (sulfide) groups is 1. The molecule has 29 heavy (non-hydrogen) atoms. The van der Waals surface area contributed by atoms with E-state index in [0.717, 1.165) is 23.1 Å². The van der Waals surface area contributed by atoms with Gasteiger partial charge in [0, 0.05) is 6.07 Å². The molecule has 0 atom stereocenters. The lowest BCUT2D eigenvalue weighted by Crippen LogP contribution is -2.17. The van der Waals surface area contributed by atoms with E-state index in [4.69, 9.17) is 9.47 Å². The highest BCUT2D eigenvalue weighted by molar-refractivity contribution is 7.99. The van der Waals surface area contributed by atoms with Crippen LogP contribution in [-0.4, -0.2) is 47.8 Å². The van der Waals surface area contributed by atoms with Crippen molar-refractivity contribution in [3.05, 3.63) is 38.1 Å². The van der Waals surface area contributed by atoms with E-state index in [2.05, 4.69) is 15.3 Å². The van der Waals surface area contributed by atoms with Gasteiger partial charge in [0.05, 0.1) is 31.2 Å². The van der Waals surface area contributed by atoms with Gasteiger partial charge in [-0.2, -0.15) is 0 Å². The first-order valence-corrected chi connectivity index (χ1v) is 10.3. The quantitative estimate of drug-likeness (QED) is 0.383. The van der Waals surface area contributed by atoms with Gasteiger partial charge in [-0.15, -0.1) is 11.3 Å². The Labute approximate surface area is 175 Å². The minimum atomic E-state index is -0.674. The predicted octanol–water partition coefficient (Wildman–Crippen LogP) is 2.57. The maximum atomic E-state index is 12.4. The fraction of sp³-hybridized carbons (Fsp3) is 0.389. The van der Waals surface area contributed by atoms with Crippen LogP contribution in [0, 0.1) is 6.92 Å². The monoisotopic (exact) mass is 439 g/mol. The molecule has 0 radical (unpaired) electrons. The largest absolute Gasteiger partial charge is 0.465 e. The number of nitrogens with one attached hydrogen (secondary N) is 2. The first-order chi connectivity index (χ1) is 13.7. The lowest BCUT2D eigenvalue weighted by atomic mass is 10.1. The number of aromatic amines is 1. The number of hydrogen-bond acceptors (Lipinski definition) is 9. The highest BCUT2D eigenvalue weighted by atomic mass is 32.2. The Morgan fingerprint density at radius 3 is 2.48 bits per heavy atom. The smallest absolute Gasteiger partial charge is 0.348 e. The fourth-order valence-electron chi connectivity index (χ4n) is 2.35. The number of rotatable bonds is 7. The maximum Gasteiger partial charge on any atom is 0.348 e. The van der Waals surface area contributed by atoms with E-state index < -0.39 is 17.8 Å². The van der Waals surface area contributed by atoms with Gasteiger partial charge in [-0.1, -0.05) is 25.6 Å². The van der Waals surface area contributed by atoms with Crippen LogP contribution in [0.1, 0.15) is 51.1 Å². The average Bonchev–Trinajstić information content (AvgIpc) is 3.00. The van der Waals surface area contributed by atoms with Crippen molar-refractivity contribution in [2.24, 2.45) is 0 Å². The minimum absolute atomic E-state index is 0.0599. The van der Waals surface area contributed by atoms with Crippen LogP contribution in [0.5, 0.6) is 0 Å². The molecular weight excluding hydrogens is 418 g/mol. The summed E-state index contributed by atoms with van der Waals surface area (Å²) in [4.78, 5) is 55.2. The molecule has 0 aliphatic carbocycles. The number of thiophene rings is 1. The molecule has 2 aromatic heterocycles. The third kappa shape index (κ3) is 5.45. The molecule has 0 aliphatic rings. The van der Waals surface area contributed by atoms with Crippen molar-refractivity contribution in [1.82, 2.24) is 9.97 Å². The zero-order chi connectivity index (χ0) is 21.7. The van der Waals surface area contributed by atoms with Crippen LogP contribution in [-0.2, 0) is 14.3 Å². The lowest BCUT2D eigenvalue weighted by Gasteiger charge is -2.07. The van der Waals surface area contributed by atoms with Gasteiger partial charge in [-0.25, -0.2) is 14.6 Å². The van der Waals surface area contributed by atoms with Crippen molar-refractivity contribution in [2.45, 2.75) is 31.8 Å². The number of anilines is 1. The summed E-state index contributed by atoms with van der Waals surface area (Å²) >= 11 is 1.98. The summed E-state index contributed by atoms with van der Waals surface area (Å²) in [6.45, 7) is 5.40.